The molecule has 0 fully saturated rings. The van der Waals surface area contributed by atoms with E-state index in [0.717, 1.165) is 0 Å². The Kier molecular flexibility index (Phi) is 6.90. The molecule has 3 aliphatic rings. The Morgan fingerprint density at radius 2 is 0.925 bits per heavy atom. The van der Waals surface area contributed by atoms with Crippen molar-refractivity contribution in [2.45, 2.75) is 63.7 Å². The van der Waals surface area contributed by atoms with Crippen LogP contribution >= 0.6 is 0 Å². The molecule has 0 N–H and O–H groups in total. The van der Waals surface area contributed by atoms with E-state index in [9.17, 15) is 0 Å². The maximum Gasteiger partial charge on any atom is 0.0512 e. The van der Waals surface area contributed by atoms with Crippen molar-refractivity contribution in [1.29, 1.82) is 0 Å². The third-order valence-electron chi connectivity index (χ3n) is 12.9. The Morgan fingerprint density at radius 3 is 1.68 bits per heavy atom. The van der Waals surface area contributed by atoms with Crippen LogP contribution in [0.5, 0.6) is 0 Å². The van der Waals surface area contributed by atoms with E-state index in [1.165, 1.54) is 102 Å². The first-order valence-electron chi connectivity index (χ1n) is 19.2. The van der Waals surface area contributed by atoms with Crippen molar-refractivity contribution in [3.63, 3.8) is 0 Å². The van der Waals surface area contributed by atoms with Gasteiger partial charge in [0.15, 0.2) is 0 Å². The van der Waals surface area contributed by atoms with Crippen LogP contribution < -0.4 is 4.90 Å². The van der Waals surface area contributed by atoms with E-state index in [-0.39, 0.29) is 16.2 Å². The molecule has 0 spiro atoms. The minimum absolute atomic E-state index is 0.191. The third-order valence-corrected chi connectivity index (χ3v) is 12.9. The zero-order valence-electron chi connectivity index (χ0n) is 31.4. The fourth-order valence-corrected chi connectivity index (χ4v) is 9.84. The predicted octanol–water partition coefficient (Wildman–Crippen LogP) is 14.2. The molecule has 0 saturated heterocycles. The van der Waals surface area contributed by atoms with Gasteiger partial charge in [-0.1, -0.05) is 155 Å². The van der Waals surface area contributed by atoms with Crippen LogP contribution in [0.1, 0.15) is 75.3 Å². The first-order chi connectivity index (χ1) is 25.6. The van der Waals surface area contributed by atoms with Crippen molar-refractivity contribution in [3.05, 3.63) is 186 Å². The van der Waals surface area contributed by atoms with Crippen LogP contribution in [-0.4, -0.2) is 0 Å². The Balaban J connectivity index is 1.08. The number of benzene rings is 7. The Labute approximate surface area is 314 Å². The van der Waals surface area contributed by atoms with E-state index in [1.807, 2.05) is 0 Å². The largest absolute Gasteiger partial charge is 0.310 e. The highest BCUT2D eigenvalue weighted by Crippen LogP contribution is 2.62. The molecule has 1 nitrogen and oxygen atoms in total. The number of hydrogen-bond donors (Lipinski definition) is 0. The van der Waals surface area contributed by atoms with Crippen LogP contribution in [0.4, 0.5) is 17.1 Å². The summed E-state index contributed by atoms with van der Waals surface area (Å²) in [5, 5.41) is 0. The van der Waals surface area contributed by atoms with Gasteiger partial charge in [0.2, 0.25) is 0 Å². The number of anilines is 3. The molecular weight excluding hydrogens is 639 g/mol. The topological polar surface area (TPSA) is 3.24 Å². The second-order valence-corrected chi connectivity index (χ2v) is 17.0. The van der Waals surface area contributed by atoms with Crippen molar-refractivity contribution < 1.29 is 0 Å². The molecule has 1 aliphatic heterocycles. The lowest BCUT2D eigenvalue weighted by atomic mass is 9.63. The fraction of sp³-hybridized carbons (Fsp3) is 0.192. The van der Waals surface area contributed by atoms with Gasteiger partial charge in [-0.3, -0.25) is 0 Å². The molecule has 0 radical (unpaired) electrons. The van der Waals surface area contributed by atoms with Crippen molar-refractivity contribution in [1.82, 2.24) is 0 Å². The lowest BCUT2D eigenvalue weighted by molar-refractivity contribution is 0.332. The Hall–Kier alpha value is -5.66. The summed E-state index contributed by atoms with van der Waals surface area (Å²) in [6, 6.07) is 59.3. The number of hydrogen-bond acceptors (Lipinski definition) is 1. The summed E-state index contributed by atoms with van der Waals surface area (Å²) in [7, 11) is 0. The maximum atomic E-state index is 2.50. The smallest absolute Gasteiger partial charge is 0.0512 e. The zero-order valence-corrected chi connectivity index (χ0v) is 31.4. The third kappa shape index (κ3) is 4.76. The lowest BCUT2D eigenvalue weighted by Crippen LogP contribution is -2.33. The molecule has 0 saturated carbocycles. The summed E-state index contributed by atoms with van der Waals surface area (Å²) in [5.41, 5.74) is 21.1. The predicted molar refractivity (Wildman–Crippen MR) is 224 cm³/mol. The van der Waals surface area contributed by atoms with Gasteiger partial charge in [0.05, 0.1) is 11.4 Å². The van der Waals surface area contributed by atoms with E-state index in [1.54, 1.807) is 0 Å². The van der Waals surface area contributed by atoms with E-state index in [2.05, 4.69) is 197 Å². The van der Waals surface area contributed by atoms with Crippen molar-refractivity contribution in [2.24, 2.45) is 0 Å². The summed E-state index contributed by atoms with van der Waals surface area (Å²) < 4.78 is 0. The average Bonchev–Trinajstić information content (AvgIpc) is 3.46. The normalized spacial score (nSPS) is 18.5. The van der Waals surface area contributed by atoms with Crippen LogP contribution in [0.2, 0.25) is 0 Å². The molecule has 7 aromatic rings. The second-order valence-electron chi connectivity index (χ2n) is 17.0. The highest BCUT2D eigenvalue weighted by atomic mass is 15.2. The summed E-state index contributed by atoms with van der Waals surface area (Å²) in [4.78, 5) is 2.50. The SMILES string of the molecule is CC1(C)CCC(C)(C)c2cc(-c3ccc(-c4cccc(N5c6ccc(-c7ccccc7)cc6C6(C)c7ccccc7-c7cccc5c76)c4)cc3)ccc21. The summed E-state index contributed by atoms with van der Waals surface area (Å²) in [6.07, 6.45) is 2.46. The fourth-order valence-electron chi connectivity index (χ4n) is 9.84. The minimum Gasteiger partial charge on any atom is -0.310 e. The van der Waals surface area contributed by atoms with E-state index >= 15 is 0 Å². The number of rotatable bonds is 4. The second kappa shape index (κ2) is 11.4. The average molecular weight is 684 g/mol. The highest BCUT2D eigenvalue weighted by Gasteiger charge is 2.48. The Morgan fingerprint density at radius 1 is 0.377 bits per heavy atom. The van der Waals surface area contributed by atoms with E-state index in [0.29, 0.717) is 0 Å². The lowest BCUT2D eigenvalue weighted by Gasteiger charge is -2.42. The van der Waals surface area contributed by atoms with Crippen molar-refractivity contribution >= 4 is 17.1 Å². The molecule has 1 unspecified atom stereocenters. The van der Waals surface area contributed by atoms with Crippen LogP contribution in [0, 0.1) is 0 Å². The minimum atomic E-state index is -0.270. The van der Waals surface area contributed by atoms with Gasteiger partial charge in [0, 0.05) is 11.1 Å². The van der Waals surface area contributed by atoms with Gasteiger partial charge in [-0.05, 0) is 133 Å². The molecule has 0 bridgehead atoms. The maximum absolute atomic E-state index is 2.50. The van der Waals surface area contributed by atoms with Gasteiger partial charge in [-0.25, -0.2) is 0 Å². The monoisotopic (exact) mass is 683 g/mol. The van der Waals surface area contributed by atoms with Gasteiger partial charge < -0.3 is 4.90 Å². The molecule has 53 heavy (non-hydrogen) atoms. The summed E-state index contributed by atoms with van der Waals surface area (Å²) in [6.45, 7) is 12.1. The van der Waals surface area contributed by atoms with Gasteiger partial charge >= 0.3 is 0 Å². The Bertz CT molecular complexity index is 2570. The van der Waals surface area contributed by atoms with E-state index < -0.39 is 0 Å². The quantitative estimate of drug-likeness (QED) is 0.178. The van der Waals surface area contributed by atoms with Crippen LogP contribution in [0.25, 0.3) is 44.5 Å². The van der Waals surface area contributed by atoms with Crippen LogP contribution in [0.15, 0.2) is 158 Å². The first-order valence-corrected chi connectivity index (χ1v) is 19.2. The summed E-state index contributed by atoms with van der Waals surface area (Å²) >= 11 is 0. The zero-order chi connectivity index (χ0) is 36.1. The molecule has 2 aliphatic carbocycles. The summed E-state index contributed by atoms with van der Waals surface area (Å²) in [5.74, 6) is 0. The first kappa shape index (κ1) is 32.0. The molecule has 1 heterocycles. The van der Waals surface area contributed by atoms with Crippen molar-refractivity contribution in [2.75, 3.05) is 4.90 Å². The van der Waals surface area contributed by atoms with Crippen LogP contribution in [-0.2, 0) is 16.2 Å². The van der Waals surface area contributed by atoms with Gasteiger partial charge in [-0.2, -0.15) is 0 Å². The molecule has 0 amide bonds. The standard InChI is InChI=1S/C52H45N/c1-50(2)29-30-51(3,4)45-32-38(25-27-44(45)50)36-23-21-35(22-24-36)37-15-11-16-40(31-37)53-47-28-26-39(34-13-7-6-8-14-34)33-46(47)52(5)43-19-10-9-17-41(43)42-18-12-20-48(53)49(42)52/h6-28,31-33H,29-30H2,1-5H3. The van der Waals surface area contributed by atoms with Crippen molar-refractivity contribution in [3.8, 4) is 44.5 Å². The van der Waals surface area contributed by atoms with E-state index in [4.69, 9.17) is 0 Å². The van der Waals surface area contributed by atoms with Crippen LogP contribution in [0.3, 0.4) is 0 Å². The highest BCUT2D eigenvalue weighted by molar-refractivity contribution is 5.98. The molecule has 1 heteroatoms. The van der Waals surface area contributed by atoms with Gasteiger partial charge in [-0.15, -0.1) is 0 Å². The molecule has 0 aromatic heterocycles. The molecule has 1 atom stereocenters. The molecule has 258 valence electrons. The van der Waals surface area contributed by atoms with Gasteiger partial charge in [0.25, 0.3) is 0 Å². The number of nitrogens with zero attached hydrogens (tertiary/aromatic N) is 1. The molecule has 10 rings (SSSR count). The molecular formula is C52H45N. The van der Waals surface area contributed by atoms with Gasteiger partial charge in [0.1, 0.15) is 0 Å². The number of fused-ring (bicyclic) bond motifs is 6. The molecule has 7 aromatic carbocycles.